The zero-order valence-electron chi connectivity index (χ0n) is 15.6. The van der Waals surface area contributed by atoms with Crippen LogP contribution in [0.15, 0.2) is 70.1 Å². The van der Waals surface area contributed by atoms with Crippen LogP contribution in [0.4, 0.5) is 24.5 Å². The van der Waals surface area contributed by atoms with E-state index in [-0.39, 0.29) is 39.5 Å². The number of phenolic OH excluding ortho intramolecular Hbond substituents is 1. The SMILES string of the molecule is O=[N+]([O-])c1cc(Br)c(O)c(C=Nc2cc(C(F)(F)F)ccc2OCc2ccccc2)c1. The third-order valence-electron chi connectivity index (χ3n) is 4.15. The molecule has 6 nitrogen and oxygen atoms in total. The molecule has 3 aromatic rings. The Morgan fingerprint density at radius 1 is 1.13 bits per heavy atom. The lowest BCUT2D eigenvalue weighted by Gasteiger charge is -2.12. The van der Waals surface area contributed by atoms with Gasteiger partial charge in [-0.1, -0.05) is 30.3 Å². The summed E-state index contributed by atoms with van der Waals surface area (Å²) in [5.74, 6) is -0.259. The van der Waals surface area contributed by atoms with Gasteiger partial charge in [-0.3, -0.25) is 15.1 Å². The molecular weight excluding hydrogens is 481 g/mol. The van der Waals surface area contributed by atoms with E-state index >= 15 is 0 Å². The van der Waals surface area contributed by atoms with Crippen molar-refractivity contribution in [3.8, 4) is 11.5 Å². The Kier molecular flexibility index (Phi) is 6.59. The van der Waals surface area contributed by atoms with Gasteiger partial charge in [-0.2, -0.15) is 13.2 Å². The van der Waals surface area contributed by atoms with Gasteiger partial charge in [0.15, 0.2) is 0 Å². The zero-order valence-corrected chi connectivity index (χ0v) is 17.2. The summed E-state index contributed by atoms with van der Waals surface area (Å²) in [6, 6.07) is 14.0. The third kappa shape index (κ3) is 5.60. The number of non-ortho nitro benzene ring substituents is 1. The number of nitro benzene ring substituents is 1. The van der Waals surface area contributed by atoms with Crippen LogP contribution in [0.2, 0.25) is 0 Å². The van der Waals surface area contributed by atoms with Crippen molar-refractivity contribution >= 4 is 33.5 Å². The van der Waals surface area contributed by atoms with Gasteiger partial charge >= 0.3 is 6.18 Å². The molecule has 0 aromatic heterocycles. The van der Waals surface area contributed by atoms with Crippen molar-refractivity contribution < 1.29 is 27.9 Å². The normalized spacial score (nSPS) is 11.6. The Balaban J connectivity index is 1.98. The van der Waals surface area contributed by atoms with Crippen LogP contribution >= 0.6 is 15.9 Å². The summed E-state index contributed by atoms with van der Waals surface area (Å²) in [6.07, 6.45) is -3.56. The molecule has 0 atom stereocenters. The number of ether oxygens (including phenoxy) is 1. The molecule has 0 unspecified atom stereocenters. The third-order valence-corrected chi connectivity index (χ3v) is 4.76. The molecule has 0 aliphatic heterocycles. The van der Waals surface area contributed by atoms with Gasteiger partial charge in [0, 0.05) is 23.9 Å². The molecule has 0 bridgehead atoms. The summed E-state index contributed by atoms with van der Waals surface area (Å²) >= 11 is 3.00. The van der Waals surface area contributed by atoms with Crippen molar-refractivity contribution in [1.29, 1.82) is 0 Å². The number of nitrogens with zero attached hydrogens (tertiary/aromatic N) is 2. The minimum Gasteiger partial charge on any atom is -0.506 e. The van der Waals surface area contributed by atoms with E-state index in [9.17, 15) is 28.4 Å². The largest absolute Gasteiger partial charge is 0.506 e. The summed E-state index contributed by atoms with van der Waals surface area (Å²) in [6.45, 7) is 0.0995. The predicted molar refractivity (Wildman–Crippen MR) is 112 cm³/mol. The first-order valence-electron chi connectivity index (χ1n) is 8.74. The van der Waals surface area contributed by atoms with Crippen LogP contribution in [-0.4, -0.2) is 16.2 Å². The maximum atomic E-state index is 13.2. The molecule has 3 rings (SSSR count). The summed E-state index contributed by atoms with van der Waals surface area (Å²) < 4.78 is 45.2. The summed E-state index contributed by atoms with van der Waals surface area (Å²) in [5, 5.41) is 21.1. The van der Waals surface area contributed by atoms with Gasteiger partial charge < -0.3 is 9.84 Å². The number of hydrogen-bond acceptors (Lipinski definition) is 5. The minimum absolute atomic E-state index is 0.0486. The van der Waals surface area contributed by atoms with E-state index in [1.165, 1.54) is 0 Å². The molecule has 160 valence electrons. The lowest BCUT2D eigenvalue weighted by molar-refractivity contribution is -0.385. The molecule has 0 aliphatic rings. The first kappa shape index (κ1) is 22.3. The highest BCUT2D eigenvalue weighted by atomic mass is 79.9. The molecule has 0 heterocycles. The minimum atomic E-state index is -4.60. The number of benzene rings is 3. The topological polar surface area (TPSA) is 85.0 Å². The first-order chi connectivity index (χ1) is 14.6. The van der Waals surface area contributed by atoms with Crippen LogP contribution in [0.3, 0.4) is 0 Å². The molecular formula is C21H14BrF3N2O4. The number of aromatic hydroxyl groups is 1. The molecule has 0 aliphatic carbocycles. The van der Waals surface area contributed by atoms with Gasteiger partial charge in [0.2, 0.25) is 0 Å². The highest BCUT2D eigenvalue weighted by Crippen LogP contribution is 2.37. The zero-order chi connectivity index (χ0) is 22.6. The number of phenols is 1. The fourth-order valence-corrected chi connectivity index (χ4v) is 3.06. The second kappa shape index (κ2) is 9.17. The van der Waals surface area contributed by atoms with E-state index in [1.807, 2.05) is 6.07 Å². The summed E-state index contributed by atoms with van der Waals surface area (Å²) in [7, 11) is 0. The smallest absolute Gasteiger partial charge is 0.416 e. The Hall–Kier alpha value is -3.40. The fourth-order valence-electron chi connectivity index (χ4n) is 2.60. The molecule has 0 fully saturated rings. The molecule has 0 radical (unpaired) electrons. The van der Waals surface area contributed by atoms with Crippen LogP contribution in [0, 0.1) is 10.1 Å². The van der Waals surface area contributed by atoms with Crippen LogP contribution in [0.25, 0.3) is 0 Å². The summed E-state index contributed by atoms with van der Waals surface area (Å²) in [5.41, 5.74) is -0.648. The average molecular weight is 495 g/mol. The van der Waals surface area contributed by atoms with Gasteiger partial charge in [-0.25, -0.2) is 0 Å². The fraction of sp³-hybridized carbons (Fsp3) is 0.0952. The molecule has 0 amide bonds. The quantitative estimate of drug-likeness (QED) is 0.243. The van der Waals surface area contributed by atoms with Crippen molar-refractivity contribution in [1.82, 2.24) is 0 Å². The number of aliphatic imine (C=N–C) groups is 1. The monoisotopic (exact) mass is 494 g/mol. The van der Waals surface area contributed by atoms with Crippen LogP contribution in [-0.2, 0) is 12.8 Å². The summed E-state index contributed by atoms with van der Waals surface area (Å²) in [4.78, 5) is 14.4. The molecule has 10 heteroatoms. The van der Waals surface area contributed by atoms with Crippen molar-refractivity contribution in [2.75, 3.05) is 0 Å². The Morgan fingerprint density at radius 3 is 2.48 bits per heavy atom. The molecule has 31 heavy (non-hydrogen) atoms. The number of nitro groups is 1. The first-order valence-corrected chi connectivity index (χ1v) is 9.53. The van der Waals surface area contributed by atoms with Gasteiger partial charge in [0.25, 0.3) is 5.69 Å². The van der Waals surface area contributed by atoms with Crippen LogP contribution in [0.1, 0.15) is 16.7 Å². The van der Waals surface area contributed by atoms with Crippen molar-refractivity contribution in [3.05, 3.63) is 91.9 Å². The van der Waals surface area contributed by atoms with E-state index in [4.69, 9.17) is 4.74 Å². The lowest BCUT2D eigenvalue weighted by Crippen LogP contribution is -2.05. The van der Waals surface area contributed by atoms with Crippen LogP contribution in [0.5, 0.6) is 11.5 Å². The molecule has 3 aromatic carbocycles. The second-order valence-electron chi connectivity index (χ2n) is 6.34. The van der Waals surface area contributed by atoms with Gasteiger partial charge in [0.1, 0.15) is 23.8 Å². The van der Waals surface area contributed by atoms with Crippen LogP contribution < -0.4 is 4.74 Å². The van der Waals surface area contributed by atoms with E-state index in [1.54, 1.807) is 24.3 Å². The average Bonchev–Trinajstić information content (AvgIpc) is 2.73. The second-order valence-corrected chi connectivity index (χ2v) is 7.19. The number of hydrogen-bond donors (Lipinski definition) is 1. The van der Waals surface area contributed by atoms with E-state index < -0.39 is 16.7 Å². The Morgan fingerprint density at radius 2 is 1.84 bits per heavy atom. The van der Waals surface area contributed by atoms with Crippen molar-refractivity contribution in [2.24, 2.45) is 4.99 Å². The highest BCUT2D eigenvalue weighted by molar-refractivity contribution is 9.10. The van der Waals surface area contributed by atoms with Gasteiger partial charge in [-0.05, 0) is 39.7 Å². The standard InChI is InChI=1S/C21H14BrF3N2O4/c22-17-10-16(27(29)30)8-14(20(17)28)11-26-18-9-15(21(23,24)25)6-7-19(18)31-12-13-4-2-1-3-5-13/h1-11,28H,12H2. The number of halogens is 4. The van der Waals surface area contributed by atoms with Crippen molar-refractivity contribution in [3.63, 3.8) is 0 Å². The van der Waals surface area contributed by atoms with Gasteiger partial charge in [0.05, 0.1) is 15.0 Å². The Bertz CT molecular complexity index is 1140. The molecule has 0 saturated heterocycles. The van der Waals surface area contributed by atoms with E-state index in [2.05, 4.69) is 20.9 Å². The molecule has 1 N–H and O–H groups in total. The van der Waals surface area contributed by atoms with Crippen molar-refractivity contribution in [2.45, 2.75) is 12.8 Å². The van der Waals surface area contributed by atoms with Gasteiger partial charge in [-0.15, -0.1) is 0 Å². The number of rotatable bonds is 6. The van der Waals surface area contributed by atoms with E-state index in [0.717, 1.165) is 42.1 Å². The Labute approximate surface area is 182 Å². The number of alkyl halides is 3. The lowest BCUT2D eigenvalue weighted by atomic mass is 10.1. The van der Waals surface area contributed by atoms with E-state index in [0.29, 0.717) is 0 Å². The molecule has 0 spiro atoms. The predicted octanol–water partition coefficient (Wildman–Crippen LogP) is 6.41. The highest BCUT2D eigenvalue weighted by Gasteiger charge is 2.31. The molecule has 0 saturated carbocycles. The maximum absolute atomic E-state index is 13.2. The maximum Gasteiger partial charge on any atom is 0.416 e.